The van der Waals surface area contributed by atoms with Crippen LogP contribution in [-0.2, 0) is 16.1 Å². The van der Waals surface area contributed by atoms with Crippen LogP contribution in [0.3, 0.4) is 0 Å². The summed E-state index contributed by atoms with van der Waals surface area (Å²) >= 11 is 1.48. The summed E-state index contributed by atoms with van der Waals surface area (Å²) in [6, 6.07) is 15.2. The van der Waals surface area contributed by atoms with Crippen LogP contribution in [-0.4, -0.2) is 24.2 Å². The molecule has 0 bridgehead atoms. The number of hydrogen-bond acceptors (Lipinski definition) is 4. The third-order valence-electron chi connectivity index (χ3n) is 3.68. The molecule has 0 aliphatic rings. The Labute approximate surface area is 164 Å². The van der Waals surface area contributed by atoms with Gasteiger partial charge in [-0.05, 0) is 55.3 Å². The molecule has 27 heavy (non-hydrogen) atoms. The molecular formula is C21H26N2O3S. The van der Waals surface area contributed by atoms with Gasteiger partial charge in [0.15, 0.2) is 0 Å². The molecule has 2 amide bonds. The van der Waals surface area contributed by atoms with Crippen molar-refractivity contribution in [3.8, 4) is 5.75 Å². The van der Waals surface area contributed by atoms with Crippen LogP contribution in [0.15, 0.2) is 53.4 Å². The summed E-state index contributed by atoms with van der Waals surface area (Å²) in [5, 5.41) is 5.77. The number of anilines is 1. The van der Waals surface area contributed by atoms with E-state index in [1.807, 2.05) is 62.4 Å². The quantitative estimate of drug-likeness (QED) is 0.600. The molecule has 5 nitrogen and oxygen atoms in total. The molecule has 0 spiro atoms. The first-order valence-corrected chi connectivity index (χ1v) is 10.1. The summed E-state index contributed by atoms with van der Waals surface area (Å²) in [5.74, 6) is 1.15. The number of rotatable bonds is 10. The minimum absolute atomic E-state index is 0.00504. The van der Waals surface area contributed by atoms with Crippen LogP contribution in [0.5, 0.6) is 5.75 Å². The first-order chi connectivity index (χ1) is 13.1. The fraction of sp³-hybridized carbons (Fsp3) is 0.333. The number of ether oxygens (including phenoxy) is 1. The highest BCUT2D eigenvalue weighted by Gasteiger charge is 2.05. The molecule has 6 heteroatoms. The molecule has 144 valence electrons. The lowest BCUT2D eigenvalue weighted by molar-refractivity contribution is -0.119. The maximum absolute atomic E-state index is 12.1. The Morgan fingerprint density at radius 3 is 2.52 bits per heavy atom. The van der Waals surface area contributed by atoms with E-state index in [1.54, 1.807) is 0 Å². The summed E-state index contributed by atoms with van der Waals surface area (Å²) < 4.78 is 5.41. The van der Waals surface area contributed by atoms with Crippen LogP contribution in [0.4, 0.5) is 5.69 Å². The van der Waals surface area contributed by atoms with Crippen LogP contribution in [0.25, 0.3) is 0 Å². The number of nitrogens with one attached hydrogen (secondary N) is 2. The fourth-order valence-corrected chi connectivity index (χ4v) is 3.14. The van der Waals surface area contributed by atoms with E-state index in [9.17, 15) is 9.59 Å². The standard InChI is InChI=1S/C21H26N2O3S/c1-3-6-20(24)23-17-8-5-7-16(13-17)14-22-21(25)15-27-19-11-9-18(10-12-19)26-4-2/h5,7-13H,3-4,6,14-15H2,1-2H3,(H,22,25)(H,23,24). The highest BCUT2D eigenvalue weighted by Crippen LogP contribution is 2.21. The van der Waals surface area contributed by atoms with Crippen LogP contribution in [0.1, 0.15) is 32.3 Å². The van der Waals surface area contributed by atoms with Gasteiger partial charge in [0.25, 0.3) is 0 Å². The monoisotopic (exact) mass is 386 g/mol. The van der Waals surface area contributed by atoms with E-state index >= 15 is 0 Å². The number of carbonyl (C=O) groups is 2. The normalized spacial score (nSPS) is 10.3. The molecule has 0 fully saturated rings. The molecule has 0 saturated carbocycles. The van der Waals surface area contributed by atoms with Gasteiger partial charge in [-0.1, -0.05) is 19.1 Å². The maximum atomic E-state index is 12.1. The summed E-state index contributed by atoms with van der Waals surface area (Å²) in [6.45, 7) is 4.98. The van der Waals surface area contributed by atoms with E-state index in [2.05, 4.69) is 10.6 Å². The zero-order chi connectivity index (χ0) is 19.5. The van der Waals surface area contributed by atoms with E-state index < -0.39 is 0 Å². The highest BCUT2D eigenvalue weighted by atomic mass is 32.2. The summed E-state index contributed by atoms with van der Waals surface area (Å²) in [5.41, 5.74) is 1.70. The second-order valence-corrected chi connectivity index (χ2v) is 7.02. The molecule has 2 aromatic rings. The molecule has 0 aromatic heterocycles. The SMILES string of the molecule is CCCC(=O)Nc1cccc(CNC(=O)CSc2ccc(OCC)cc2)c1. The van der Waals surface area contributed by atoms with Gasteiger partial charge in [-0.15, -0.1) is 11.8 Å². The van der Waals surface area contributed by atoms with Gasteiger partial charge in [0, 0.05) is 23.5 Å². The average Bonchev–Trinajstić information content (AvgIpc) is 2.66. The van der Waals surface area contributed by atoms with Crippen molar-refractivity contribution >= 4 is 29.3 Å². The summed E-state index contributed by atoms with van der Waals surface area (Å²) in [6.07, 6.45) is 1.32. The van der Waals surface area contributed by atoms with Gasteiger partial charge in [0.2, 0.25) is 11.8 Å². The molecule has 2 rings (SSSR count). The van der Waals surface area contributed by atoms with Gasteiger partial charge in [0.05, 0.1) is 12.4 Å². The smallest absolute Gasteiger partial charge is 0.230 e. The molecule has 0 atom stereocenters. The summed E-state index contributed by atoms with van der Waals surface area (Å²) in [4.78, 5) is 24.8. The predicted octanol–water partition coefficient (Wildman–Crippen LogP) is 4.23. The lowest BCUT2D eigenvalue weighted by atomic mass is 10.2. The molecule has 2 N–H and O–H groups in total. The number of thioether (sulfide) groups is 1. The van der Waals surface area contributed by atoms with Crippen molar-refractivity contribution in [2.45, 2.75) is 38.1 Å². The molecule has 0 heterocycles. The maximum Gasteiger partial charge on any atom is 0.230 e. The Balaban J connectivity index is 1.77. The molecular weight excluding hydrogens is 360 g/mol. The zero-order valence-corrected chi connectivity index (χ0v) is 16.6. The van der Waals surface area contributed by atoms with E-state index in [0.29, 0.717) is 25.3 Å². The van der Waals surface area contributed by atoms with Gasteiger partial charge in [-0.3, -0.25) is 9.59 Å². The molecule has 0 saturated heterocycles. The average molecular weight is 387 g/mol. The lowest BCUT2D eigenvalue weighted by Crippen LogP contribution is -2.24. The van der Waals surface area contributed by atoms with Gasteiger partial charge >= 0.3 is 0 Å². The first kappa shape index (κ1) is 20.8. The van der Waals surface area contributed by atoms with E-state index in [4.69, 9.17) is 4.74 Å². The minimum atomic E-state index is -0.0330. The highest BCUT2D eigenvalue weighted by molar-refractivity contribution is 8.00. The van der Waals surface area contributed by atoms with Crippen molar-refractivity contribution in [1.82, 2.24) is 5.32 Å². The predicted molar refractivity (Wildman–Crippen MR) is 110 cm³/mol. The van der Waals surface area contributed by atoms with Gasteiger partial charge in [-0.25, -0.2) is 0 Å². The van der Waals surface area contributed by atoms with Crippen molar-refractivity contribution in [2.24, 2.45) is 0 Å². The number of hydrogen-bond donors (Lipinski definition) is 2. The van der Waals surface area contributed by atoms with Crippen LogP contribution in [0, 0.1) is 0 Å². The number of benzene rings is 2. The Morgan fingerprint density at radius 2 is 1.81 bits per heavy atom. The third-order valence-corrected chi connectivity index (χ3v) is 4.69. The van der Waals surface area contributed by atoms with Crippen LogP contribution in [0.2, 0.25) is 0 Å². The molecule has 0 aliphatic heterocycles. The van der Waals surface area contributed by atoms with Crippen molar-refractivity contribution in [3.05, 3.63) is 54.1 Å². The van der Waals surface area contributed by atoms with Gasteiger partial charge in [-0.2, -0.15) is 0 Å². The zero-order valence-electron chi connectivity index (χ0n) is 15.8. The van der Waals surface area contributed by atoms with E-state index in [-0.39, 0.29) is 11.8 Å². The summed E-state index contributed by atoms with van der Waals surface area (Å²) in [7, 11) is 0. The minimum Gasteiger partial charge on any atom is -0.494 e. The van der Waals surface area contributed by atoms with Crippen molar-refractivity contribution < 1.29 is 14.3 Å². The van der Waals surface area contributed by atoms with Crippen molar-refractivity contribution in [1.29, 1.82) is 0 Å². The largest absolute Gasteiger partial charge is 0.494 e. The molecule has 0 aliphatic carbocycles. The van der Waals surface area contributed by atoms with Gasteiger partial charge in [0.1, 0.15) is 5.75 Å². The topological polar surface area (TPSA) is 67.4 Å². The fourth-order valence-electron chi connectivity index (χ4n) is 2.41. The second kappa shape index (κ2) is 11.3. The molecule has 2 aromatic carbocycles. The Kier molecular flexibility index (Phi) is 8.71. The van der Waals surface area contributed by atoms with Crippen molar-refractivity contribution in [2.75, 3.05) is 17.7 Å². The van der Waals surface area contributed by atoms with Crippen molar-refractivity contribution in [3.63, 3.8) is 0 Å². The number of amides is 2. The number of carbonyl (C=O) groups excluding carboxylic acids is 2. The third kappa shape index (κ3) is 7.74. The molecule has 0 unspecified atom stereocenters. The van der Waals surface area contributed by atoms with E-state index in [0.717, 1.165) is 28.3 Å². The Bertz CT molecular complexity index is 747. The second-order valence-electron chi connectivity index (χ2n) is 5.97. The Morgan fingerprint density at radius 1 is 1.04 bits per heavy atom. The van der Waals surface area contributed by atoms with E-state index in [1.165, 1.54) is 11.8 Å². The van der Waals surface area contributed by atoms with Crippen LogP contribution < -0.4 is 15.4 Å². The molecule has 0 radical (unpaired) electrons. The Hall–Kier alpha value is -2.47. The lowest BCUT2D eigenvalue weighted by Gasteiger charge is -2.09. The van der Waals surface area contributed by atoms with Crippen LogP contribution >= 0.6 is 11.8 Å². The first-order valence-electron chi connectivity index (χ1n) is 9.12. The van der Waals surface area contributed by atoms with Gasteiger partial charge < -0.3 is 15.4 Å².